The molecular weight excluding hydrogens is 362 g/mol. The van der Waals surface area contributed by atoms with E-state index < -0.39 is 0 Å². The molecule has 0 bridgehead atoms. The van der Waals surface area contributed by atoms with Gasteiger partial charge in [-0.15, -0.1) is 11.3 Å². The Hall–Kier alpha value is -2.65. The lowest BCUT2D eigenvalue weighted by atomic mass is 10.1. The smallest absolute Gasteiger partial charge is 0.270 e. The number of hydrogen-bond donors (Lipinski definition) is 2. The molecule has 4 rings (SSSR count). The number of nitrogens with zero attached hydrogens (tertiary/aromatic N) is 5. The van der Waals surface area contributed by atoms with Gasteiger partial charge in [0.05, 0.1) is 5.56 Å². The van der Waals surface area contributed by atoms with Gasteiger partial charge in [0.2, 0.25) is 0 Å². The number of likely N-dealkylation sites (tertiary alicyclic amines) is 1. The number of carbonyl (C=O) groups excluding carboxylic acids is 1. The molecule has 0 atom stereocenters. The maximum absolute atomic E-state index is 12.6. The monoisotopic (exact) mass is 383 g/mol. The molecule has 0 saturated carbocycles. The number of aromatic nitrogens is 5. The largest absolute Gasteiger partial charge is 0.348 e. The van der Waals surface area contributed by atoms with Crippen LogP contribution in [0.2, 0.25) is 0 Å². The van der Waals surface area contributed by atoms with Crippen LogP contribution in [0, 0.1) is 0 Å². The third-order valence-corrected chi connectivity index (χ3v) is 5.63. The maximum Gasteiger partial charge on any atom is 0.270 e. The van der Waals surface area contributed by atoms with E-state index in [1.165, 1.54) is 11.3 Å². The third kappa shape index (κ3) is 3.88. The number of nitrogens with one attached hydrogen (secondary N) is 2. The van der Waals surface area contributed by atoms with Gasteiger partial charge in [-0.05, 0) is 25.5 Å². The lowest BCUT2D eigenvalue weighted by molar-refractivity contribution is 0.0908. The van der Waals surface area contributed by atoms with Crippen molar-refractivity contribution >= 4 is 17.2 Å². The maximum atomic E-state index is 12.6. The molecular formula is C18H21N7OS. The topological polar surface area (TPSA) is 99.7 Å². The second kappa shape index (κ2) is 7.93. The second-order valence-electron chi connectivity index (χ2n) is 6.44. The number of amides is 1. The van der Waals surface area contributed by atoms with Gasteiger partial charge in [-0.3, -0.25) is 9.89 Å². The number of H-pyrrole nitrogens is 1. The fourth-order valence-corrected chi connectivity index (χ4v) is 4.02. The van der Waals surface area contributed by atoms with Crippen LogP contribution in [0.4, 0.5) is 0 Å². The average Bonchev–Trinajstić information content (AvgIpc) is 3.38. The summed E-state index contributed by atoms with van der Waals surface area (Å²) in [5.74, 6) is 0.408. The average molecular weight is 383 g/mol. The number of rotatable bonds is 5. The summed E-state index contributed by atoms with van der Waals surface area (Å²) in [6.07, 6.45) is 7.06. The Bertz CT molecular complexity index is 899. The molecule has 8 nitrogen and oxygen atoms in total. The second-order valence-corrected chi connectivity index (χ2v) is 7.30. The van der Waals surface area contributed by atoms with E-state index in [0.717, 1.165) is 43.0 Å². The molecule has 3 aromatic rings. The third-order valence-electron chi connectivity index (χ3n) is 4.76. The molecule has 4 heterocycles. The quantitative estimate of drug-likeness (QED) is 0.701. The minimum atomic E-state index is -0.117. The van der Waals surface area contributed by atoms with Gasteiger partial charge in [-0.2, -0.15) is 5.10 Å². The Balaban J connectivity index is 1.47. The molecule has 140 valence electrons. The van der Waals surface area contributed by atoms with E-state index in [2.05, 4.69) is 42.3 Å². The van der Waals surface area contributed by atoms with Crippen LogP contribution >= 0.6 is 11.3 Å². The number of aromatic amines is 1. The fourth-order valence-electron chi connectivity index (χ4n) is 3.20. The minimum Gasteiger partial charge on any atom is -0.348 e. The molecule has 27 heavy (non-hydrogen) atoms. The summed E-state index contributed by atoms with van der Waals surface area (Å²) in [4.78, 5) is 28.0. The fraction of sp³-hybridized carbons (Fsp3) is 0.389. The first kappa shape index (κ1) is 17.7. The molecule has 1 amide bonds. The normalized spacial score (nSPS) is 15.7. The summed E-state index contributed by atoms with van der Waals surface area (Å²) in [5, 5.41) is 12.7. The van der Waals surface area contributed by atoms with Crippen molar-refractivity contribution < 1.29 is 4.79 Å². The zero-order valence-corrected chi connectivity index (χ0v) is 15.9. The molecule has 0 aromatic carbocycles. The number of thiazole rings is 1. The van der Waals surface area contributed by atoms with Crippen molar-refractivity contribution in [2.45, 2.75) is 25.8 Å². The van der Waals surface area contributed by atoms with Gasteiger partial charge in [0, 0.05) is 43.1 Å². The zero-order chi connectivity index (χ0) is 18.6. The summed E-state index contributed by atoms with van der Waals surface area (Å²) >= 11 is 1.41. The lowest BCUT2D eigenvalue weighted by Gasteiger charge is -2.31. The van der Waals surface area contributed by atoms with E-state index in [4.69, 9.17) is 0 Å². The molecule has 0 radical (unpaired) electrons. The van der Waals surface area contributed by atoms with E-state index in [-0.39, 0.29) is 11.9 Å². The van der Waals surface area contributed by atoms with Crippen LogP contribution in [0.3, 0.4) is 0 Å². The van der Waals surface area contributed by atoms with E-state index in [0.29, 0.717) is 17.2 Å². The summed E-state index contributed by atoms with van der Waals surface area (Å²) in [6.45, 7) is 5.28. The highest BCUT2D eigenvalue weighted by Gasteiger charge is 2.22. The summed E-state index contributed by atoms with van der Waals surface area (Å²) in [5.41, 5.74) is 1.86. The first-order chi connectivity index (χ1) is 13.2. The van der Waals surface area contributed by atoms with Gasteiger partial charge in [0.15, 0.2) is 5.82 Å². The van der Waals surface area contributed by atoms with E-state index in [9.17, 15) is 4.79 Å². The zero-order valence-electron chi connectivity index (χ0n) is 15.1. The van der Waals surface area contributed by atoms with Crippen molar-refractivity contribution in [2.24, 2.45) is 0 Å². The van der Waals surface area contributed by atoms with Crippen LogP contribution < -0.4 is 5.32 Å². The summed E-state index contributed by atoms with van der Waals surface area (Å²) in [7, 11) is 0. The standard InChI is InChI=1S/C18H21N7OS/c1-2-25-8-4-12(5-9-25)22-17(26)14-11-27-18(23-14)13-10-21-24-15(13)16-19-6-3-7-20-16/h3,6-7,10-12H,2,4-5,8-9H2,1H3,(H,21,24)(H,22,26). The highest BCUT2D eigenvalue weighted by atomic mass is 32.1. The lowest BCUT2D eigenvalue weighted by Crippen LogP contribution is -2.44. The predicted molar refractivity (Wildman–Crippen MR) is 103 cm³/mol. The van der Waals surface area contributed by atoms with Crippen LogP contribution in [0.25, 0.3) is 22.1 Å². The van der Waals surface area contributed by atoms with E-state index in [1.807, 2.05) is 0 Å². The van der Waals surface area contributed by atoms with Crippen molar-refractivity contribution in [2.75, 3.05) is 19.6 Å². The SMILES string of the molecule is CCN1CCC(NC(=O)c2csc(-c3c[nH]nc3-c3ncccn3)n2)CC1. The van der Waals surface area contributed by atoms with Gasteiger partial charge >= 0.3 is 0 Å². The van der Waals surface area contributed by atoms with Crippen LogP contribution in [-0.4, -0.2) is 61.6 Å². The Morgan fingerprint density at radius 2 is 2.11 bits per heavy atom. The Kier molecular flexibility index (Phi) is 5.21. The van der Waals surface area contributed by atoms with Gasteiger partial charge in [-0.1, -0.05) is 6.92 Å². The van der Waals surface area contributed by atoms with Crippen molar-refractivity contribution in [1.29, 1.82) is 0 Å². The summed E-state index contributed by atoms with van der Waals surface area (Å²) in [6, 6.07) is 1.97. The number of piperidine rings is 1. The molecule has 2 N–H and O–H groups in total. The minimum absolute atomic E-state index is 0.117. The van der Waals surface area contributed by atoms with Crippen LogP contribution in [0.5, 0.6) is 0 Å². The number of hydrogen-bond acceptors (Lipinski definition) is 7. The highest BCUT2D eigenvalue weighted by Crippen LogP contribution is 2.30. The molecule has 1 fully saturated rings. The Morgan fingerprint density at radius 1 is 1.33 bits per heavy atom. The predicted octanol–water partition coefficient (Wildman–Crippen LogP) is 2.20. The van der Waals surface area contributed by atoms with Crippen LogP contribution in [0.15, 0.2) is 30.0 Å². The van der Waals surface area contributed by atoms with Gasteiger partial charge in [0.25, 0.3) is 5.91 Å². The molecule has 1 aliphatic rings. The molecule has 0 spiro atoms. The summed E-state index contributed by atoms with van der Waals surface area (Å²) < 4.78 is 0. The van der Waals surface area contributed by atoms with Crippen molar-refractivity contribution in [3.05, 3.63) is 35.7 Å². The van der Waals surface area contributed by atoms with E-state index >= 15 is 0 Å². The van der Waals surface area contributed by atoms with Crippen molar-refractivity contribution in [1.82, 2.24) is 35.4 Å². The number of carbonyl (C=O) groups is 1. The first-order valence-electron chi connectivity index (χ1n) is 9.05. The molecule has 1 saturated heterocycles. The Labute approximate surface area is 161 Å². The molecule has 3 aromatic heterocycles. The van der Waals surface area contributed by atoms with Crippen molar-refractivity contribution in [3.63, 3.8) is 0 Å². The Morgan fingerprint density at radius 3 is 2.85 bits per heavy atom. The highest BCUT2D eigenvalue weighted by molar-refractivity contribution is 7.13. The van der Waals surface area contributed by atoms with Crippen molar-refractivity contribution in [3.8, 4) is 22.1 Å². The molecule has 0 unspecified atom stereocenters. The molecule has 9 heteroatoms. The first-order valence-corrected chi connectivity index (χ1v) is 9.93. The van der Waals surface area contributed by atoms with E-state index in [1.54, 1.807) is 30.0 Å². The van der Waals surface area contributed by atoms with Gasteiger partial charge in [0.1, 0.15) is 16.4 Å². The van der Waals surface area contributed by atoms with Crippen LogP contribution in [-0.2, 0) is 0 Å². The molecule has 0 aliphatic carbocycles. The molecule has 1 aliphatic heterocycles. The van der Waals surface area contributed by atoms with Gasteiger partial charge < -0.3 is 10.2 Å². The van der Waals surface area contributed by atoms with Gasteiger partial charge in [-0.25, -0.2) is 15.0 Å². The van der Waals surface area contributed by atoms with Crippen LogP contribution in [0.1, 0.15) is 30.3 Å².